The zero-order valence-corrected chi connectivity index (χ0v) is 28.6. The van der Waals surface area contributed by atoms with Crippen LogP contribution in [-0.2, 0) is 30.3 Å². The average molecular weight is 634 g/mol. The highest BCUT2D eigenvalue weighted by molar-refractivity contribution is 5.82. The van der Waals surface area contributed by atoms with Crippen molar-refractivity contribution in [3.63, 3.8) is 0 Å². The van der Waals surface area contributed by atoms with Crippen molar-refractivity contribution in [1.29, 1.82) is 0 Å². The Morgan fingerprint density at radius 1 is 1.11 bits per heavy atom. The van der Waals surface area contributed by atoms with Gasteiger partial charge in [0.25, 0.3) is 5.69 Å². The Labute approximate surface area is 268 Å². The summed E-state index contributed by atoms with van der Waals surface area (Å²) in [5.74, 6) is -0.902. The molecule has 12 nitrogen and oxygen atoms in total. The van der Waals surface area contributed by atoms with Crippen LogP contribution in [0.2, 0.25) is 0 Å². The lowest BCUT2D eigenvalue weighted by molar-refractivity contribution is -0.384. The molecule has 0 spiro atoms. The molecule has 2 N–H and O–H groups in total. The Hall–Kier alpha value is -3.09. The summed E-state index contributed by atoms with van der Waals surface area (Å²) in [6.45, 7) is 10.7. The molecule has 45 heavy (non-hydrogen) atoms. The van der Waals surface area contributed by atoms with Gasteiger partial charge in [0.2, 0.25) is 17.7 Å². The summed E-state index contributed by atoms with van der Waals surface area (Å²) in [5, 5.41) is 11.1. The molecule has 1 aliphatic rings. The van der Waals surface area contributed by atoms with Crippen LogP contribution < -0.4 is 5.73 Å². The maximum atomic E-state index is 13.9. The molecule has 254 valence electrons. The summed E-state index contributed by atoms with van der Waals surface area (Å²) in [5.41, 5.74) is 7.00. The Kier molecular flexibility index (Phi) is 14.9. The molecule has 3 amide bonds. The highest BCUT2D eigenvalue weighted by atomic mass is 16.6. The first-order chi connectivity index (χ1) is 21.2. The number of nitrogens with zero attached hydrogens (tertiary/aromatic N) is 4. The predicted molar refractivity (Wildman–Crippen MR) is 173 cm³/mol. The van der Waals surface area contributed by atoms with E-state index in [1.54, 1.807) is 50.2 Å². The van der Waals surface area contributed by atoms with Crippen molar-refractivity contribution in [2.75, 3.05) is 41.4 Å². The Morgan fingerprint density at radius 3 is 2.33 bits per heavy atom. The number of likely N-dealkylation sites (tertiary alicyclic amines) is 1. The fourth-order valence-corrected chi connectivity index (χ4v) is 6.40. The van der Waals surface area contributed by atoms with E-state index in [2.05, 4.69) is 0 Å². The Balaban J connectivity index is 2.16. The molecule has 1 fully saturated rings. The molecule has 0 saturated carbocycles. The van der Waals surface area contributed by atoms with Gasteiger partial charge in [-0.05, 0) is 36.7 Å². The van der Waals surface area contributed by atoms with E-state index in [0.717, 1.165) is 18.4 Å². The van der Waals surface area contributed by atoms with Crippen molar-refractivity contribution in [2.45, 2.75) is 97.1 Å². The number of amides is 3. The number of carbonyl (C=O) groups is 3. The van der Waals surface area contributed by atoms with Gasteiger partial charge in [0, 0.05) is 53.5 Å². The van der Waals surface area contributed by atoms with Gasteiger partial charge in [0.1, 0.15) is 0 Å². The fourth-order valence-electron chi connectivity index (χ4n) is 6.40. The van der Waals surface area contributed by atoms with Gasteiger partial charge in [-0.15, -0.1) is 0 Å². The lowest BCUT2D eigenvalue weighted by atomic mass is 9.89. The number of non-ortho nitro benzene ring substituents is 1. The third-order valence-corrected chi connectivity index (χ3v) is 9.47. The molecule has 7 atom stereocenters. The first kappa shape index (κ1) is 38.1. The maximum absolute atomic E-state index is 13.9. The van der Waals surface area contributed by atoms with Crippen molar-refractivity contribution >= 4 is 23.4 Å². The monoisotopic (exact) mass is 633 g/mol. The van der Waals surface area contributed by atoms with Crippen molar-refractivity contribution in [3.05, 3.63) is 39.9 Å². The molecule has 2 rings (SSSR count). The maximum Gasteiger partial charge on any atom is 0.269 e. The first-order valence-corrected chi connectivity index (χ1v) is 16.1. The lowest BCUT2D eigenvalue weighted by Crippen LogP contribution is -2.56. The number of hydrogen-bond acceptors (Lipinski definition) is 8. The molecular formula is C33H55N5O7. The number of nitro groups is 1. The van der Waals surface area contributed by atoms with Crippen LogP contribution in [0.5, 0.6) is 0 Å². The third-order valence-electron chi connectivity index (χ3n) is 9.47. The summed E-state index contributed by atoms with van der Waals surface area (Å²) in [4.78, 5) is 56.4. The Bertz CT molecular complexity index is 1150. The number of nitrogens with two attached hydrogens (primary N) is 1. The molecular weight excluding hydrogens is 578 g/mol. The lowest BCUT2D eigenvalue weighted by Gasteiger charge is -2.40. The van der Waals surface area contributed by atoms with Crippen molar-refractivity contribution < 1.29 is 28.8 Å². The van der Waals surface area contributed by atoms with Gasteiger partial charge < -0.3 is 29.9 Å². The second-order valence-electron chi connectivity index (χ2n) is 12.8. The summed E-state index contributed by atoms with van der Waals surface area (Å²) < 4.78 is 11.8. The largest absolute Gasteiger partial charge is 0.379 e. The molecule has 0 unspecified atom stereocenters. The van der Waals surface area contributed by atoms with Gasteiger partial charge in [0.05, 0.1) is 47.6 Å². The number of likely N-dealkylation sites (N-methyl/N-ethyl adjacent to an activating group) is 2. The van der Waals surface area contributed by atoms with Crippen LogP contribution in [0.3, 0.4) is 0 Å². The standard InChI is InChI=1S/C33H55N5O7/c1-10-22(4)30(36(7)33(41)29(34)21(2)3)27(44-8)20-28(39)37-17-12-15-26(37)31(45-9)23(5)32(40)35(6)18-16-24-13-11-14-25(19-24)38(42)43/h11,13-14,19,21-23,26-27,29-31H,10,12,15-18,20,34H2,1-9H3/t22-,23+,26-,27+,29-,30-,31+/m0/s1. The molecule has 0 bridgehead atoms. The van der Waals surface area contributed by atoms with Crippen LogP contribution in [-0.4, -0.2) is 109 Å². The van der Waals surface area contributed by atoms with E-state index < -0.39 is 29.1 Å². The quantitative estimate of drug-likeness (QED) is 0.202. The minimum absolute atomic E-state index is 0.0175. The van der Waals surface area contributed by atoms with E-state index in [0.29, 0.717) is 25.9 Å². The van der Waals surface area contributed by atoms with E-state index >= 15 is 0 Å². The smallest absolute Gasteiger partial charge is 0.269 e. The van der Waals surface area contributed by atoms with E-state index in [4.69, 9.17) is 15.2 Å². The van der Waals surface area contributed by atoms with Crippen molar-refractivity contribution in [1.82, 2.24) is 14.7 Å². The molecule has 0 aromatic heterocycles. The topological polar surface area (TPSA) is 149 Å². The molecule has 1 aromatic rings. The summed E-state index contributed by atoms with van der Waals surface area (Å²) in [7, 11) is 6.58. The number of ether oxygens (including phenoxy) is 2. The third kappa shape index (κ3) is 9.70. The zero-order chi connectivity index (χ0) is 34.0. The predicted octanol–water partition coefficient (Wildman–Crippen LogP) is 3.50. The first-order valence-electron chi connectivity index (χ1n) is 16.1. The molecule has 0 aliphatic carbocycles. The molecule has 0 radical (unpaired) electrons. The van der Waals surface area contributed by atoms with Crippen LogP contribution >= 0.6 is 0 Å². The summed E-state index contributed by atoms with van der Waals surface area (Å²) >= 11 is 0. The zero-order valence-electron chi connectivity index (χ0n) is 28.6. The van der Waals surface area contributed by atoms with E-state index in [1.165, 1.54) is 12.1 Å². The Morgan fingerprint density at radius 2 is 1.78 bits per heavy atom. The highest BCUT2D eigenvalue weighted by Crippen LogP contribution is 2.30. The highest BCUT2D eigenvalue weighted by Gasteiger charge is 2.42. The minimum atomic E-state index is -0.649. The summed E-state index contributed by atoms with van der Waals surface area (Å²) in [6.07, 6.45) is 1.77. The summed E-state index contributed by atoms with van der Waals surface area (Å²) in [6, 6.07) is 5.12. The number of benzene rings is 1. The number of carbonyl (C=O) groups excluding carboxylic acids is 3. The molecule has 12 heteroatoms. The van der Waals surface area contributed by atoms with Gasteiger partial charge in [-0.1, -0.05) is 53.2 Å². The van der Waals surface area contributed by atoms with Crippen molar-refractivity contribution in [3.8, 4) is 0 Å². The molecule has 1 heterocycles. The SMILES string of the molecule is CC[C@H](C)[C@@H]([C@@H](CC(=O)N1CCC[C@H]1[C@H](OC)[C@@H](C)C(=O)N(C)CCc1cccc([N+](=O)[O-])c1)OC)N(C)C(=O)[C@@H](N)C(C)C. The van der Waals surface area contributed by atoms with Gasteiger partial charge in [-0.3, -0.25) is 24.5 Å². The second-order valence-corrected chi connectivity index (χ2v) is 12.8. The number of methoxy groups -OCH3 is 2. The minimum Gasteiger partial charge on any atom is -0.379 e. The van der Waals surface area contributed by atoms with Crippen molar-refractivity contribution in [2.24, 2.45) is 23.5 Å². The van der Waals surface area contributed by atoms with Crippen LogP contribution in [0.15, 0.2) is 24.3 Å². The fraction of sp³-hybridized carbons (Fsp3) is 0.727. The van der Waals surface area contributed by atoms with Crippen LogP contribution in [0.4, 0.5) is 5.69 Å². The normalized spacial score (nSPS) is 19.0. The molecule has 1 aromatic carbocycles. The van der Waals surface area contributed by atoms with E-state index in [9.17, 15) is 24.5 Å². The average Bonchev–Trinajstić information content (AvgIpc) is 3.51. The van der Waals surface area contributed by atoms with Gasteiger partial charge in [-0.2, -0.15) is 0 Å². The van der Waals surface area contributed by atoms with Gasteiger partial charge in [0.15, 0.2) is 0 Å². The number of nitro benzene ring substituents is 1. The number of rotatable bonds is 17. The van der Waals surface area contributed by atoms with Crippen LogP contribution in [0, 0.1) is 27.9 Å². The van der Waals surface area contributed by atoms with Gasteiger partial charge >= 0.3 is 0 Å². The van der Waals surface area contributed by atoms with Crippen LogP contribution in [0.1, 0.15) is 65.9 Å². The molecule has 1 saturated heterocycles. The van der Waals surface area contributed by atoms with Gasteiger partial charge in [-0.25, -0.2) is 0 Å². The number of hydrogen-bond donors (Lipinski definition) is 1. The molecule has 1 aliphatic heterocycles. The van der Waals surface area contributed by atoms with Crippen LogP contribution in [0.25, 0.3) is 0 Å². The van der Waals surface area contributed by atoms with E-state index in [-0.39, 0.29) is 53.7 Å². The second kappa shape index (κ2) is 17.6. The van der Waals surface area contributed by atoms with E-state index in [1.807, 2.05) is 39.5 Å².